The van der Waals surface area contributed by atoms with Gasteiger partial charge in [0, 0.05) is 0 Å². The van der Waals surface area contributed by atoms with E-state index < -0.39 is 0 Å². The molecule has 1 nitrogen and oxygen atoms in total. The summed E-state index contributed by atoms with van der Waals surface area (Å²) in [5, 5.41) is 9.57. The van der Waals surface area contributed by atoms with Gasteiger partial charge < -0.3 is 5.11 Å². The Morgan fingerprint density at radius 3 is 2.08 bits per heavy atom. The molecule has 0 aromatic heterocycles. The van der Waals surface area contributed by atoms with Crippen molar-refractivity contribution in [1.82, 2.24) is 0 Å². The predicted molar refractivity (Wildman–Crippen MR) is 58.7 cm³/mol. The van der Waals surface area contributed by atoms with Crippen LogP contribution in [0.1, 0.15) is 31.9 Å². The Balaban J connectivity index is 0.00000144. The van der Waals surface area contributed by atoms with Gasteiger partial charge in [0.2, 0.25) is 0 Å². The fourth-order valence-corrected chi connectivity index (χ4v) is 1.25. The minimum atomic E-state index is 0. The molecule has 1 rings (SSSR count). The van der Waals surface area contributed by atoms with Crippen molar-refractivity contribution in [2.75, 3.05) is 0 Å². The first-order valence-electron chi connectivity index (χ1n) is 4.21. The molecule has 0 fully saturated rings. The van der Waals surface area contributed by atoms with Crippen molar-refractivity contribution in [2.24, 2.45) is 0 Å². The number of aryl methyl sites for hydroxylation is 1. The SMILES string of the molecule is Cc1ccc(O)c(C(C)(C)C)c1.[NaH]. The van der Waals surface area contributed by atoms with Crippen LogP contribution in [0.2, 0.25) is 0 Å². The third kappa shape index (κ3) is 3.34. The molecule has 1 aromatic rings. The molecule has 0 atom stereocenters. The second kappa shape index (κ2) is 4.50. The van der Waals surface area contributed by atoms with Crippen LogP contribution in [-0.2, 0) is 5.41 Å². The topological polar surface area (TPSA) is 20.2 Å². The molecule has 0 aliphatic carbocycles. The van der Waals surface area contributed by atoms with Crippen molar-refractivity contribution in [3.8, 4) is 5.75 Å². The molecule has 1 N–H and O–H groups in total. The number of phenolic OH excluding ortho intramolecular Hbond substituents is 1. The van der Waals surface area contributed by atoms with Gasteiger partial charge in [-0.3, -0.25) is 0 Å². The van der Waals surface area contributed by atoms with E-state index in [4.69, 9.17) is 0 Å². The number of hydrogen-bond acceptors (Lipinski definition) is 1. The summed E-state index contributed by atoms with van der Waals surface area (Å²) in [6, 6.07) is 5.72. The van der Waals surface area contributed by atoms with Gasteiger partial charge in [-0.05, 0) is 24.0 Å². The summed E-state index contributed by atoms with van der Waals surface area (Å²) in [4.78, 5) is 0. The number of benzene rings is 1. The molecule has 0 spiro atoms. The van der Waals surface area contributed by atoms with Gasteiger partial charge in [-0.25, -0.2) is 0 Å². The van der Waals surface area contributed by atoms with Gasteiger partial charge in [0.05, 0.1) is 0 Å². The van der Waals surface area contributed by atoms with E-state index in [0.717, 1.165) is 5.56 Å². The first-order valence-corrected chi connectivity index (χ1v) is 4.21. The van der Waals surface area contributed by atoms with Crippen LogP contribution in [0, 0.1) is 6.92 Å². The Kier molecular flexibility index (Phi) is 4.50. The zero-order valence-electron chi connectivity index (χ0n) is 8.18. The first-order chi connectivity index (χ1) is 5.41. The molecule has 0 aliphatic heterocycles. The Hall–Kier alpha value is 0.0200. The summed E-state index contributed by atoms with van der Waals surface area (Å²) < 4.78 is 0. The van der Waals surface area contributed by atoms with Crippen LogP contribution in [0.15, 0.2) is 18.2 Å². The molecule has 1 aromatic carbocycles. The molecule has 0 radical (unpaired) electrons. The van der Waals surface area contributed by atoms with Gasteiger partial charge in [-0.2, -0.15) is 0 Å². The molecule has 0 heterocycles. The fourth-order valence-electron chi connectivity index (χ4n) is 1.25. The van der Waals surface area contributed by atoms with Crippen LogP contribution in [0.5, 0.6) is 5.75 Å². The van der Waals surface area contributed by atoms with Crippen molar-refractivity contribution < 1.29 is 5.11 Å². The fraction of sp³-hybridized carbons (Fsp3) is 0.455. The number of phenols is 1. The average molecular weight is 188 g/mol. The maximum atomic E-state index is 9.57. The van der Waals surface area contributed by atoms with Crippen LogP contribution in [0.4, 0.5) is 0 Å². The molecular weight excluding hydrogens is 171 g/mol. The second-order valence-corrected chi connectivity index (χ2v) is 4.27. The van der Waals surface area contributed by atoms with Crippen LogP contribution in [0.3, 0.4) is 0 Å². The normalized spacial score (nSPS) is 10.8. The second-order valence-electron chi connectivity index (χ2n) is 4.27. The van der Waals surface area contributed by atoms with E-state index in [0.29, 0.717) is 5.75 Å². The van der Waals surface area contributed by atoms with Crippen LogP contribution in [-0.4, -0.2) is 34.7 Å². The summed E-state index contributed by atoms with van der Waals surface area (Å²) in [6.45, 7) is 8.33. The van der Waals surface area contributed by atoms with E-state index in [9.17, 15) is 5.11 Å². The van der Waals surface area contributed by atoms with Gasteiger partial charge in [0.15, 0.2) is 0 Å². The molecule has 0 saturated heterocycles. The molecule has 0 amide bonds. The van der Waals surface area contributed by atoms with E-state index in [2.05, 4.69) is 20.8 Å². The standard InChI is InChI=1S/C11H16O.Na.H/c1-8-5-6-10(12)9(7-8)11(2,3)4;;/h5-7,12H,1-4H3;;. The zero-order chi connectivity index (χ0) is 9.35. The molecule has 2 heteroatoms. The third-order valence-corrected chi connectivity index (χ3v) is 1.96. The molecule has 0 aliphatic rings. The summed E-state index contributed by atoms with van der Waals surface area (Å²) in [7, 11) is 0. The van der Waals surface area contributed by atoms with Crippen LogP contribution < -0.4 is 0 Å². The quantitative estimate of drug-likeness (QED) is 0.620. The molecule has 0 saturated carbocycles. The van der Waals surface area contributed by atoms with E-state index >= 15 is 0 Å². The number of aromatic hydroxyl groups is 1. The Morgan fingerprint density at radius 1 is 1.15 bits per heavy atom. The third-order valence-electron chi connectivity index (χ3n) is 1.96. The summed E-state index contributed by atoms with van der Waals surface area (Å²) in [6.07, 6.45) is 0. The molecule has 13 heavy (non-hydrogen) atoms. The van der Waals surface area contributed by atoms with Crippen molar-refractivity contribution in [2.45, 2.75) is 33.1 Å². The summed E-state index contributed by atoms with van der Waals surface area (Å²) in [5.41, 5.74) is 2.23. The average Bonchev–Trinajstić information content (AvgIpc) is 1.92. The van der Waals surface area contributed by atoms with Crippen LogP contribution in [0.25, 0.3) is 0 Å². The summed E-state index contributed by atoms with van der Waals surface area (Å²) in [5.74, 6) is 0.396. The molecule has 0 bridgehead atoms. The van der Waals surface area contributed by atoms with E-state index in [-0.39, 0.29) is 35.0 Å². The maximum absolute atomic E-state index is 9.57. The predicted octanol–water partition coefficient (Wildman–Crippen LogP) is 2.35. The van der Waals surface area contributed by atoms with Crippen LogP contribution >= 0.6 is 0 Å². The Morgan fingerprint density at radius 2 is 1.69 bits per heavy atom. The van der Waals surface area contributed by atoms with Crippen molar-refractivity contribution in [3.05, 3.63) is 29.3 Å². The molecule has 68 valence electrons. The van der Waals surface area contributed by atoms with Gasteiger partial charge in [0.1, 0.15) is 5.75 Å². The van der Waals surface area contributed by atoms with Gasteiger partial charge in [-0.1, -0.05) is 38.5 Å². The molecular formula is C11H17NaO. The Bertz CT molecular complexity index is 287. The van der Waals surface area contributed by atoms with Crippen molar-refractivity contribution in [1.29, 1.82) is 0 Å². The van der Waals surface area contributed by atoms with Crippen molar-refractivity contribution >= 4 is 29.6 Å². The van der Waals surface area contributed by atoms with Gasteiger partial charge in [-0.15, -0.1) is 0 Å². The van der Waals surface area contributed by atoms with Gasteiger partial charge >= 0.3 is 29.6 Å². The van der Waals surface area contributed by atoms with E-state index in [1.165, 1.54) is 5.56 Å². The summed E-state index contributed by atoms with van der Waals surface area (Å²) >= 11 is 0. The van der Waals surface area contributed by atoms with Crippen molar-refractivity contribution in [3.63, 3.8) is 0 Å². The van der Waals surface area contributed by atoms with E-state index in [1.54, 1.807) is 6.07 Å². The monoisotopic (exact) mass is 188 g/mol. The Labute approximate surface area is 102 Å². The minimum absolute atomic E-state index is 0. The molecule has 0 unspecified atom stereocenters. The number of hydrogen-bond donors (Lipinski definition) is 1. The van der Waals surface area contributed by atoms with E-state index in [1.807, 2.05) is 19.1 Å². The van der Waals surface area contributed by atoms with Gasteiger partial charge in [0.25, 0.3) is 0 Å². The zero-order valence-corrected chi connectivity index (χ0v) is 8.18. The number of rotatable bonds is 0. The first kappa shape index (κ1) is 13.0.